The normalized spacial score (nSPS) is 25.4. The summed E-state index contributed by atoms with van der Waals surface area (Å²) in [5.41, 5.74) is 0.443. The maximum absolute atomic E-state index is 12.5. The SMILES string of the molecule is [2H]C1([2H])c2cc([N+]#[C-])ccc2C(=O)N1C1CCC(=O)NC1=O. The van der Waals surface area contributed by atoms with Gasteiger partial charge >= 0.3 is 0 Å². The molecule has 6 heteroatoms. The maximum atomic E-state index is 12.5. The van der Waals surface area contributed by atoms with E-state index in [1.807, 2.05) is 0 Å². The van der Waals surface area contributed by atoms with Gasteiger partial charge in [0.05, 0.1) is 9.31 Å². The molecule has 1 unspecified atom stereocenters. The predicted octanol–water partition coefficient (Wildman–Crippen LogP) is 0.998. The van der Waals surface area contributed by atoms with Crippen LogP contribution in [0.25, 0.3) is 4.85 Å². The van der Waals surface area contributed by atoms with Gasteiger partial charge in [-0.3, -0.25) is 19.7 Å². The van der Waals surface area contributed by atoms with Crippen molar-refractivity contribution in [3.63, 3.8) is 0 Å². The van der Waals surface area contributed by atoms with Crippen molar-refractivity contribution < 1.29 is 17.1 Å². The van der Waals surface area contributed by atoms with Gasteiger partial charge in [-0.05, 0) is 12.0 Å². The van der Waals surface area contributed by atoms with Crippen molar-refractivity contribution in [2.75, 3.05) is 0 Å². The Hall–Kier alpha value is -2.68. The largest absolute Gasteiger partial charge is 0.322 e. The number of amides is 3. The van der Waals surface area contributed by atoms with E-state index in [1.165, 1.54) is 18.2 Å². The lowest BCUT2D eigenvalue weighted by molar-refractivity contribution is -0.136. The first-order valence-corrected chi connectivity index (χ1v) is 6.05. The molecule has 2 aliphatic heterocycles. The fourth-order valence-corrected chi connectivity index (χ4v) is 2.34. The lowest BCUT2D eigenvalue weighted by Crippen LogP contribution is -2.52. The van der Waals surface area contributed by atoms with Crippen LogP contribution in [0.4, 0.5) is 5.69 Å². The van der Waals surface area contributed by atoms with E-state index in [4.69, 9.17) is 9.31 Å². The minimum absolute atomic E-state index is 0.0555. The van der Waals surface area contributed by atoms with E-state index in [0.29, 0.717) is 0 Å². The molecule has 0 aliphatic carbocycles. The molecule has 0 aromatic heterocycles. The third-order valence-corrected chi connectivity index (χ3v) is 3.34. The molecule has 2 heterocycles. The second-order valence-electron chi connectivity index (χ2n) is 4.60. The first-order chi connectivity index (χ1) is 10.4. The molecule has 3 amide bonds. The third kappa shape index (κ3) is 1.84. The second-order valence-corrected chi connectivity index (χ2v) is 4.60. The Kier molecular flexibility index (Phi) is 2.26. The zero-order valence-electron chi connectivity index (χ0n) is 12.3. The number of hydrogen-bond donors (Lipinski definition) is 1. The molecule has 0 bridgehead atoms. The highest BCUT2D eigenvalue weighted by molar-refractivity contribution is 6.05. The smallest absolute Gasteiger partial charge is 0.255 e. The average Bonchev–Trinajstić information content (AvgIpc) is 2.67. The van der Waals surface area contributed by atoms with Crippen molar-refractivity contribution in [1.29, 1.82) is 0 Å². The van der Waals surface area contributed by atoms with Gasteiger partial charge in [0.15, 0.2) is 5.69 Å². The molecule has 1 N–H and O–H groups in total. The standard InChI is InChI=1S/C14H11N3O3/c1-15-9-2-3-10-8(6-9)7-17(14(10)20)11-4-5-12(18)16-13(11)19/h2-3,6,11H,4-5,7H2,(H,16,18,19)/i7D2. The minimum atomic E-state index is -2.20. The van der Waals surface area contributed by atoms with E-state index in [1.54, 1.807) is 0 Å². The van der Waals surface area contributed by atoms with Crippen LogP contribution in [-0.4, -0.2) is 28.7 Å². The van der Waals surface area contributed by atoms with Crippen LogP contribution in [-0.2, 0) is 16.1 Å². The molecule has 0 spiro atoms. The fraction of sp³-hybridized carbons (Fsp3) is 0.286. The van der Waals surface area contributed by atoms with Gasteiger partial charge in [-0.2, -0.15) is 0 Å². The lowest BCUT2D eigenvalue weighted by Gasteiger charge is -2.29. The van der Waals surface area contributed by atoms with Crippen molar-refractivity contribution in [3.05, 3.63) is 40.7 Å². The van der Waals surface area contributed by atoms with Gasteiger partial charge in [0.25, 0.3) is 5.91 Å². The first kappa shape index (κ1) is 10.1. The van der Waals surface area contributed by atoms with Gasteiger partial charge in [0.1, 0.15) is 6.04 Å². The number of rotatable bonds is 1. The second kappa shape index (κ2) is 4.46. The third-order valence-electron chi connectivity index (χ3n) is 3.34. The van der Waals surface area contributed by atoms with Crippen molar-refractivity contribution >= 4 is 23.4 Å². The van der Waals surface area contributed by atoms with Gasteiger partial charge in [-0.15, -0.1) is 0 Å². The average molecular weight is 271 g/mol. The molecule has 0 saturated carbocycles. The number of fused-ring (bicyclic) bond motifs is 1. The molecule has 20 heavy (non-hydrogen) atoms. The number of nitrogens with zero attached hydrogens (tertiary/aromatic N) is 2. The Morgan fingerprint density at radius 2 is 2.20 bits per heavy atom. The number of piperidine rings is 1. The lowest BCUT2D eigenvalue weighted by atomic mass is 10.0. The molecule has 1 fully saturated rings. The maximum Gasteiger partial charge on any atom is 0.255 e. The molecule has 6 nitrogen and oxygen atoms in total. The summed E-state index contributed by atoms with van der Waals surface area (Å²) in [5.74, 6) is -1.71. The van der Waals surface area contributed by atoms with E-state index in [9.17, 15) is 14.4 Å². The van der Waals surface area contributed by atoms with Crippen molar-refractivity contribution in [2.45, 2.75) is 25.4 Å². The number of carbonyl (C=O) groups is 3. The Labute approximate surface area is 118 Å². The van der Waals surface area contributed by atoms with Crippen LogP contribution in [0.5, 0.6) is 0 Å². The molecule has 0 radical (unpaired) electrons. The van der Waals surface area contributed by atoms with E-state index in [-0.39, 0.29) is 29.7 Å². The molecule has 1 aromatic carbocycles. The highest BCUT2D eigenvalue weighted by Crippen LogP contribution is 2.30. The van der Waals surface area contributed by atoms with E-state index in [2.05, 4.69) is 10.2 Å². The van der Waals surface area contributed by atoms with Crippen LogP contribution in [0.3, 0.4) is 0 Å². The fourth-order valence-electron chi connectivity index (χ4n) is 2.34. The molecular formula is C14H11N3O3. The number of benzene rings is 1. The van der Waals surface area contributed by atoms with Gasteiger partial charge in [0.2, 0.25) is 11.8 Å². The summed E-state index contributed by atoms with van der Waals surface area (Å²) in [6, 6.07) is 3.12. The van der Waals surface area contributed by atoms with E-state index >= 15 is 0 Å². The molecule has 1 aromatic rings. The monoisotopic (exact) mass is 271 g/mol. The topological polar surface area (TPSA) is 70.8 Å². The highest BCUT2D eigenvalue weighted by atomic mass is 16.2. The quantitative estimate of drug-likeness (QED) is 0.612. The highest BCUT2D eigenvalue weighted by Gasteiger charge is 2.38. The predicted molar refractivity (Wildman–Crippen MR) is 68.7 cm³/mol. The first-order valence-electron chi connectivity index (χ1n) is 7.05. The molecule has 3 rings (SSSR count). The number of hydrogen-bond acceptors (Lipinski definition) is 3. The Morgan fingerprint density at radius 3 is 2.90 bits per heavy atom. The Balaban J connectivity index is 2.05. The van der Waals surface area contributed by atoms with Crippen LogP contribution in [0.1, 0.15) is 31.5 Å². The zero-order valence-corrected chi connectivity index (χ0v) is 10.3. The van der Waals surface area contributed by atoms with Gasteiger partial charge in [-0.1, -0.05) is 18.2 Å². The summed E-state index contributed by atoms with van der Waals surface area (Å²) in [7, 11) is 0. The van der Waals surface area contributed by atoms with E-state index < -0.39 is 30.3 Å². The number of carbonyl (C=O) groups excluding carboxylic acids is 3. The van der Waals surface area contributed by atoms with Crippen molar-refractivity contribution in [3.8, 4) is 0 Å². The van der Waals surface area contributed by atoms with E-state index in [0.717, 1.165) is 4.90 Å². The minimum Gasteiger partial charge on any atom is -0.322 e. The van der Waals surface area contributed by atoms with Crippen LogP contribution in [0.15, 0.2) is 18.2 Å². The molecule has 100 valence electrons. The van der Waals surface area contributed by atoms with Gasteiger partial charge in [0, 0.05) is 18.5 Å². The van der Waals surface area contributed by atoms with Crippen LogP contribution in [0.2, 0.25) is 0 Å². The number of nitrogens with one attached hydrogen (secondary N) is 1. The summed E-state index contributed by atoms with van der Waals surface area (Å²) in [6.45, 7) is 4.79. The molecule has 2 aliphatic rings. The number of imide groups is 1. The summed E-state index contributed by atoms with van der Waals surface area (Å²) in [6.07, 6.45) is 0.138. The molecular weight excluding hydrogens is 258 g/mol. The van der Waals surface area contributed by atoms with Gasteiger partial charge < -0.3 is 4.90 Å². The Bertz CT molecular complexity index is 754. The summed E-state index contributed by atoms with van der Waals surface area (Å²) >= 11 is 0. The van der Waals surface area contributed by atoms with Crippen LogP contribution < -0.4 is 5.32 Å². The van der Waals surface area contributed by atoms with Crippen molar-refractivity contribution in [1.82, 2.24) is 10.2 Å². The summed E-state index contributed by atoms with van der Waals surface area (Å²) in [4.78, 5) is 39.8. The molecule has 1 saturated heterocycles. The summed E-state index contributed by atoms with van der Waals surface area (Å²) in [5, 5.41) is 2.13. The van der Waals surface area contributed by atoms with Crippen molar-refractivity contribution in [2.24, 2.45) is 0 Å². The molecule has 1 atom stereocenters. The Morgan fingerprint density at radius 1 is 1.40 bits per heavy atom. The van der Waals surface area contributed by atoms with Crippen LogP contribution in [0, 0.1) is 6.57 Å². The zero-order chi connectivity index (χ0) is 16.1. The van der Waals surface area contributed by atoms with Gasteiger partial charge in [-0.25, -0.2) is 4.85 Å². The summed E-state index contributed by atoms with van der Waals surface area (Å²) < 4.78 is 16.4. The van der Waals surface area contributed by atoms with Crippen LogP contribution >= 0.6 is 0 Å².